The molecule has 2 aromatic rings. The van der Waals surface area contributed by atoms with E-state index < -0.39 is 29.7 Å². The van der Waals surface area contributed by atoms with Crippen molar-refractivity contribution in [2.24, 2.45) is 5.11 Å². The zero-order chi connectivity index (χ0) is 18.8. The second-order valence-electron chi connectivity index (χ2n) is 5.70. The van der Waals surface area contributed by atoms with E-state index in [1.807, 2.05) is 0 Å². The molecule has 0 unspecified atom stereocenters. The normalized spacial score (nSPS) is 22.2. The fourth-order valence-corrected chi connectivity index (χ4v) is 3.02. The average molecular weight is 363 g/mol. The largest absolute Gasteiger partial charge is 0.493 e. The number of aromatic nitrogens is 2. The van der Waals surface area contributed by atoms with E-state index in [0.29, 0.717) is 11.5 Å². The lowest BCUT2D eigenvalue weighted by Gasteiger charge is -2.18. The Balaban J connectivity index is 2.15. The lowest BCUT2D eigenvalue weighted by atomic mass is 10.1. The second-order valence-corrected chi connectivity index (χ2v) is 5.70. The molecule has 3 rings (SSSR count). The van der Waals surface area contributed by atoms with E-state index in [0.717, 1.165) is 0 Å². The van der Waals surface area contributed by atoms with Gasteiger partial charge in [0.25, 0.3) is 5.56 Å². The quantitative estimate of drug-likeness (QED) is 0.452. The SMILES string of the molecule is COc1cc2c(=O)[nH]c(=O)n([C@H]3C[C@H](O)[C@@H](CN=[N+]=[N-])O3)c2cc1OC. The maximum Gasteiger partial charge on any atom is 0.330 e. The molecule has 1 fully saturated rings. The Morgan fingerprint density at radius 1 is 1.38 bits per heavy atom. The van der Waals surface area contributed by atoms with Crippen molar-refractivity contribution >= 4 is 10.9 Å². The topological polar surface area (TPSA) is 152 Å². The number of aliphatic hydroxyl groups excluding tert-OH is 1. The second kappa shape index (κ2) is 7.08. The first kappa shape index (κ1) is 17.8. The van der Waals surface area contributed by atoms with Gasteiger partial charge in [0, 0.05) is 17.4 Å². The van der Waals surface area contributed by atoms with Crippen LogP contribution in [-0.2, 0) is 4.74 Å². The lowest BCUT2D eigenvalue weighted by Crippen LogP contribution is -2.33. The minimum atomic E-state index is -0.917. The number of hydrogen-bond donors (Lipinski definition) is 2. The van der Waals surface area contributed by atoms with Crippen LogP contribution in [0.25, 0.3) is 21.3 Å². The van der Waals surface area contributed by atoms with Gasteiger partial charge in [0.15, 0.2) is 11.5 Å². The predicted molar refractivity (Wildman–Crippen MR) is 90.5 cm³/mol. The van der Waals surface area contributed by atoms with Gasteiger partial charge in [0.2, 0.25) is 0 Å². The molecule has 11 nitrogen and oxygen atoms in total. The van der Waals surface area contributed by atoms with Crippen molar-refractivity contribution in [1.29, 1.82) is 0 Å². The molecule has 1 saturated heterocycles. The Kier molecular flexibility index (Phi) is 4.85. The van der Waals surface area contributed by atoms with Crippen LogP contribution in [0.1, 0.15) is 12.6 Å². The smallest absolute Gasteiger partial charge is 0.330 e. The molecule has 1 aromatic carbocycles. The van der Waals surface area contributed by atoms with E-state index in [4.69, 9.17) is 19.7 Å². The third-order valence-electron chi connectivity index (χ3n) is 4.26. The number of benzene rings is 1. The summed E-state index contributed by atoms with van der Waals surface area (Å²) < 4.78 is 17.3. The Morgan fingerprint density at radius 2 is 2.08 bits per heavy atom. The zero-order valence-corrected chi connectivity index (χ0v) is 14.1. The number of aromatic amines is 1. The van der Waals surface area contributed by atoms with Crippen LogP contribution in [0.5, 0.6) is 11.5 Å². The van der Waals surface area contributed by atoms with Gasteiger partial charge in [-0.05, 0) is 11.6 Å². The van der Waals surface area contributed by atoms with Gasteiger partial charge in [-0.1, -0.05) is 5.11 Å². The molecule has 26 heavy (non-hydrogen) atoms. The van der Waals surface area contributed by atoms with Gasteiger partial charge in [0.1, 0.15) is 6.23 Å². The average Bonchev–Trinajstić information content (AvgIpc) is 2.99. The Morgan fingerprint density at radius 3 is 2.73 bits per heavy atom. The summed E-state index contributed by atoms with van der Waals surface area (Å²) in [5.41, 5.74) is 7.43. The molecule has 1 aliphatic heterocycles. The van der Waals surface area contributed by atoms with E-state index in [1.54, 1.807) is 0 Å². The van der Waals surface area contributed by atoms with Gasteiger partial charge in [-0.15, -0.1) is 0 Å². The number of fused-ring (bicyclic) bond motifs is 1. The summed E-state index contributed by atoms with van der Waals surface area (Å²) in [5, 5.41) is 13.7. The molecule has 2 N–H and O–H groups in total. The van der Waals surface area contributed by atoms with Crippen LogP contribution >= 0.6 is 0 Å². The number of azide groups is 1. The molecule has 2 heterocycles. The first-order chi connectivity index (χ1) is 12.5. The first-order valence-corrected chi connectivity index (χ1v) is 7.75. The highest BCUT2D eigenvalue weighted by Crippen LogP contribution is 2.34. The molecule has 0 bridgehead atoms. The molecule has 138 valence electrons. The number of aliphatic hydroxyl groups is 1. The summed E-state index contributed by atoms with van der Waals surface area (Å²) in [7, 11) is 2.87. The van der Waals surface area contributed by atoms with Gasteiger partial charge in [-0.25, -0.2) is 4.79 Å². The van der Waals surface area contributed by atoms with Crippen LogP contribution in [0.3, 0.4) is 0 Å². The van der Waals surface area contributed by atoms with Crippen molar-refractivity contribution < 1.29 is 19.3 Å². The lowest BCUT2D eigenvalue weighted by molar-refractivity contribution is -0.0130. The van der Waals surface area contributed by atoms with Gasteiger partial charge >= 0.3 is 5.69 Å². The van der Waals surface area contributed by atoms with Gasteiger partial charge in [-0.2, -0.15) is 0 Å². The summed E-state index contributed by atoms with van der Waals surface area (Å²) in [6.07, 6.45) is -2.40. The maximum atomic E-state index is 12.4. The van der Waals surface area contributed by atoms with E-state index in [1.165, 1.54) is 30.9 Å². The monoisotopic (exact) mass is 363 g/mol. The predicted octanol–water partition coefficient (Wildman–Crippen LogP) is 0.666. The number of H-pyrrole nitrogens is 1. The Bertz CT molecular complexity index is 992. The molecule has 0 aliphatic carbocycles. The van der Waals surface area contributed by atoms with Crippen molar-refractivity contribution in [2.75, 3.05) is 20.8 Å². The number of hydrogen-bond acceptors (Lipinski definition) is 7. The third-order valence-corrected chi connectivity index (χ3v) is 4.26. The summed E-state index contributed by atoms with van der Waals surface area (Å²) in [6, 6.07) is 2.97. The van der Waals surface area contributed by atoms with Gasteiger partial charge < -0.3 is 19.3 Å². The van der Waals surface area contributed by atoms with Crippen molar-refractivity contribution in [3.8, 4) is 11.5 Å². The van der Waals surface area contributed by atoms with Crippen molar-refractivity contribution in [2.45, 2.75) is 24.9 Å². The molecule has 1 aliphatic rings. The molecular formula is C15H17N5O6. The highest BCUT2D eigenvalue weighted by atomic mass is 16.5. The molecule has 0 spiro atoms. The Labute approximate surface area is 146 Å². The van der Waals surface area contributed by atoms with E-state index in [-0.39, 0.29) is 23.9 Å². The van der Waals surface area contributed by atoms with Crippen molar-refractivity contribution in [1.82, 2.24) is 9.55 Å². The minimum Gasteiger partial charge on any atom is -0.493 e. The van der Waals surface area contributed by atoms with Crippen LogP contribution < -0.4 is 20.7 Å². The summed E-state index contributed by atoms with van der Waals surface area (Å²) in [6.45, 7) is -0.0681. The fraction of sp³-hybridized carbons (Fsp3) is 0.467. The summed E-state index contributed by atoms with van der Waals surface area (Å²) in [4.78, 5) is 29.5. The highest BCUT2D eigenvalue weighted by Gasteiger charge is 2.36. The molecule has 0 saturated carbocycles. The van der Waals surface area contributed by atoms with Crippen LogP contribution in [0, 0.1) is 0 Å². The zero-order valence-electron chi connectivity index (χ0n) is 14.1. The van der Waals surface area contributed by atoms with E-state index in [9.17, 15) is 14.7 Å². The van der Waals surface area contributed by atoms with Crippen LogP contribution in [-0.4, -0.2) is 47.6 Å². The van der Waals surface area contributed by atoms with Crippen LogP contribution in [0.2, 0.25) is 0 Å². The Hall–Kier alpha value is -3.01. The first-order valence-electron chi connectivity index (χ1n) is 7.75. The standard InChI is InChI=1S/C15H17N5O6/c1-24-10-3-7-8(4-11(10)25-2)20(15(23)18-14(7)22)13-5-9(21)12(26-13)6-17-19-16/h3-4,9,12-13,21H,5-6H2,1-2H3,(H,18,22,23)/t9-,12+,13+/m0/s1. The summed E-state index contributed by atoms with van der Waals surface area (Å²) in [5.74, 6) is 0.673. The fourth-order valence-electron chi connectivity index (χ4n) is 3.02. The van der Waals surface area contributed by atoms with E-state index >= 15 is 0 Å². The molecular weight excluding hydrogens is 346 g/mol. The van der Waals surface area contributed by atoms with E-state index in [2.05, 4.69) is 15.0 Å². The molecule has 1 aromatic heterocycles. The molecule has 11 heteroatoms. The number of nitrogens with zero attached hydrogens (tertiary/aromatic N) is 4. The minimum absolute atomic E-state index is 0.0681. The number of rotatable bonds is 5. The van der Waals surface area contributed by atoms with Gasteiger partial charge in [0.05, 0.1) is 43.9 Å². The van der Waals surface area contributed by atoms with Gasteiger partial charge in [-0.3, -0.25) is 14.3 Å². The number of methoxy groups -OCH3 is 2. The van der Waals surface area contributed by atoms with Crippen LogP contribution in [0.15, 0.2) is 26.8 Å². The summed E-state index contributed by atoms with van der Waals surface area (Å²) >= 11 is 0. The third kappa shape index (κ3) is 2.99. The molecule has 3 atom stereocenters. The van der Waals surface area contributed by atoms with Crippen LogP contribution in [0.4, 0.5) is 0 Å². The number of nitrogens with one attached hydrogen (secondary N) is 1. The van der Waals surface area contributed by atoms with Crippen molar-refractivity contribution in [3.05, 3.63) is 43.4 Å². The van der Waals surface area contributed by atoms with Crippen molar-refractivity contribution in [3.63, 3.8) is 0 Å². The highest BCUT2D eigenvalue weighted by molar-refractivity contribution is 5.82. The number of ether oxygens (including phenoxy) is 3. The molecule has 0 amide bonds. The molecule has 0 radical (unpaired) electrons. The maximum absolute atomic E-state index is 12.4.